The predicted molar refractivity (Wildman–Crippen MR) is 121 cm³/mol. The van der Waals surface area contributed by atoms with Crippen molar-refractivity contribution in [3.05, 3.63) is 71.4 Å². The Morgan fingerprint density at radius 2 is 1.93 bits per heavy atom. The molecule has 29 heavy (non-hydrogen) atoms. The second-order valence-electron chi connectivity index (χ2n) is 6.34. The van der Waals surface area contributed by atoms with Gasteiger partial charge in [0, 0.05) is 12.4 Å². The first-order valence-corrected chi connectivity index (χ1v) is 10.8. The van der Waals surface area contributed by atoms with Crippen molar-refractivity contribution < 1.29 is 9.59 Å². The van der Waals surface area contributed by atoms with E-state index < -0.39 is 0 Å². The Hall–Kier alpha value is -2.22. The summed E-state index contributed by atoms with van der Waals surface area (Å²) in [6.45, 7) is 2.06. The molecule has 1 fully saturated rings. The number of pyridine rings is 1. The molecule has 0 spiro atoms. The van der Waals surface area contributed by atoms with Crippen LogP contribution in [0.1, 0.15) is 25.3 Å². The molecule has 8 heteroatoms. The van der Waals surface area contributed by atoms with E-state index in [0.29, 0.717) is 4.91 Å². The molecule has 4 rings (SSSR count). The lowest BCUT2D eigenvalue weighted by Crippen LogP contribution is -2.36. The maximum Gasteiger partial charge on any atom is 0.294 e. The van der Waals surface area contributed by atoms with Crippen molar-refractivity contribution in [2.45, 2.75) is 30.2 Å². The zero-order valence-electron chi connectivity index (χ0n) is 15.7. The molecule has 1 aromatic carbocycles. The molecule has 1 atom stereocenters. The maximum atomic E-state index is 13.0. The second kappa shape index (κ2) is 9.52. The van der Waals surface area contributed by atoms with Crippen molar-refractivity contribution in [2.24, 2.45) is 0 Å². The van der Waals surface area contributed by atoms with Gasteiger partial charge in [-0.1, -0.05) is 61.5 Å². The molecule has 3 aromatic rings. The van der Waals surface area contributed by atoms with Gasteiger partial charge in [-0.3, -0.25) is 18.9 Å². The van der Waals surface area contributed by atoms with Crippen molar-refractivity contribution in [3.8, 4) is 0 Å². The Balaban J connectivity index is 0.00000240. The molecular weight excluding hydrogens is 426 g/mol. The normalized spacial score (nSPS) is 16.4. The monoisotopic (exact) mass is 445 g/mol. The van der Waals surface area contributed by atoms with E-state index in [4.69, 9.17) is 0 Å². The zero-order valence-corrected chi connectivity index (χ0v) is 18.2. The van der Waals surface area contributed by atoms with Crippen LogP contribution in [0.4, 0.5) is 4.79 Å². The van der Waals surface area contributed by atoms with Gasteiger partial charge in [0.05, 0.1) is 15.3 Å². The summed E-state index contributed by atoms with van der Waals surface area (Å²) >= 11 is 2.54. The smallest absolute Gasteiger partial charge is 0.294 e. The minimum absolute atomic E-state index is 0. The molecule has 3 heterocycles. The highest BCUT2D eigenvalue weighted by Gasteiger charge is 2.40. The number of benzene rings is 1. The summed E-state index contributed by atoms with van der Waals surface area (Å²) in [4.78, 5) is 31.9. The van der Waals surface area contributed by atoms with Crippen molar-refractivity contribution >= 4 is 58.8 Å². The lowest BCUT2D eigenvalue weighted by molar-refractivity contribution is -0.123. The zero-order chi connectivity index (χ0) is 19.5. The number of carbonyl (C=O) groups excluding carboxylic acids is 2. The number of amides is 2. The molecule has 0 radical (unpaired) electrons. The number of imidazole rings is 1. The molecule has 1 aliphatic rings. The van der Waals surface area contributed by atoms with Crippen LogP contribution in [0.15, 0.2) is 70.9 Å². The highest BCUT2D eigenvalue weighted by molar-refractivity contribution is 8.18. The minimum Gasteiger partial charge on any atom is -0.294 e. The average Bonchev–Trinajstić information content (AvgIpc) is 3.28. The third-order valence-corrected chi connectivity index (χ3v) is 6.57. The number of nitrogens with zero attached hydrogens (tertiary/aromatic N) is 3. The van der Waals surface area contributed by atoms with Crippen LogP contribution in [-0.2, 0) is 4.79 Å². The number of thioether (sulfide) groups is 2. The van der Waals surface area contributed by atoms with Crippen LogP contribution in [0.5, 0.6) is 0 Å². The van der Waals surface area contributed by atoms with Gasteiger partial charge in [-0.25, -0.2) is 4.98 Å². The fraction of sp³-hybridized carbons (Fsp3) is 0.190. The summed E-state index contributed by atoms with van der Waals surface area (Å²) in [5.41, 5.74) is 1.76. The van der Waals surface area contributed by atoms with Gasteiger partial charge in [0.25, 0.3) is 11.1 Å². The molecular formula is C21H20ClN3O2S2. The van der Waals surface area contributed by atoms with Crippen LogP contribution in [0.2, 0.25) is 0 Å². The summed E-state index contributed by atoms with van der Waals surface area (Å²) < 4.78 is 1.98. The third kappa shape index (κ3) is 4.52. The number of rotatable bonds is 6. The van der Waals surface area contributed by atoms with E-state index in [1.54, 1.807) is 12.3 Å². The number of imide groups is 1. The van der Waals surface area contributed by atoms with E-state index in [2.05, 4.69) is 11.9 Å². The van der Waals surface area contributed by atoms with E-state index in [0.717, 1.165) is 40.8 Å². The van der Waals surface area contributed by atoms with Crippen LogP contribution in [-0.4, -0.2) is 30.8 Å². The molecule has 0 aliphatic carbocycles. The number of hydrogen-bond acceptors (Lipinski definition) is 5. The van der Waals surface area contributed by atoms with E-state index >= 15 is 0 Å². The van der Waals surface area contributed by atoms with Crippen molar-refractivity contribution in [1.29, 1.82) is 0 Å². The van der Waals surface area contributed by atoms with Gasteiger partial charge in [0.2, 0.25) is 0 Å². The number of carbonyl (C=O) groups is 2. The van der Waals surface area contributed by atoms with Crippen LogP contribution in [0, 0.1) is 0 Å². The van der Waals surface area contributed by atoms with Gasteiger partial charge < -0.3 is 0 Å². The Bertz CT molecular complexity index is 1050. The molecule has 1 aliphatic heterocycles. The first kappa shape index (κ1) is 21.5. The first-order valence-electron chi connectivity index (χ1n) is 9.08. The third-order valence-electron chi connectivity index (χ3n) is 4.39. The SMILES string of the molecule is CCCC(Sc1cccc2nccn12)N1C(=O)S/C(=C\c2ccccc2)C1=O.Cl. The molecule has 0 saturated carbocycles. The molecule has 2 aromatic heterocycles. The van der Waals surface area contributed by atoms with Crippen LogP contribution >= 0.6 is 35.9 Å². The lowest BCUT2D eigenvalue weighted by Gasteiger charge is -2.24. The fourth-order valence-corrected chi connectivity index (χ4v) is 5.37. The molecule has 1 saturated heterocycles. The summed E-state index contributed by atoms with van der Waals surface area (Å²) in [6.07, 6.45) is 7.03. The summed E-state index contributed by atoms with van der Waals surface area (Å²) in [5.74, 6) is -0.220. The maximum absolute atomic E-state index is 13.0. The molecule has 0 bridgehead atoms. The van der Waals surface area contributed by atoms with Crippen LogP contribution in [0.3, 0.4) is 0 Å². The van der Waals surface area contributed by atoms with Gasteiger partial charge in [-0.05, 0) is 42.0 Å². The number of hydrogen-bond donors (Lipinski definition) is 0. The lowest BCUT2D eigenvalue weighted by atomic mass is 10.2. The first-order chi connectivity index (χ1) is 13.7. The summed E-state index contributed by atoms with van der Waals surface area (Å²) in [6, 6.07) is 15.5. The standard InChI is InChI=1S/C21H19N3O2S2.ClH/c1-2-7-19(28-18-11-6-10-17-22-12-13-23(17)18)24-20(25)16(27-21(24)26)14-15-8-4-3-5-9-15;/h3-6,8-14,19H,2,7H2,1H3;1H/b16-14-;. The Kier molecular flexibility index (Phi) is 7.05. The van der Waals surface area contributed by atoms with Gasteiger partial charge in [0.15, 0.2) is 0 Å². The molecule has 5 nitrogen and oxygen atoms in total. The van der Waals surface area contributed by atoms with Crippen molar-refractivity contribution in [3.63, 3.8) is 0 Å². The highest BCUT2D eigenvalue weighted by Crippen LogP contribution is 2.39. The Morgan fingerprint density at radius 3 is 2.69 bits per heavy atom. The van der Waals surface area contributed by atoms with Gasteiger partial charge >= 0.3 is 0 Å². The fourth-order valence-electron chi connectivity index (χ4n) is 3.07. The number of fused-ring (bicyclic) bond motifs is 1. The average molecular weight is 446 g/mol. The Labute approximate surface area is 184 Å². The Morgan fingerprint density at radius 1 is 1.14 bits per heavy atom. The molecule has 1 unspecified atom stereocenters. The second-order valence-corrected chi connectivity index (χ2v) is 8.53. The van der Waals surface area contributed by atoms with E-state index in [-0.39, 0.29) is 28.9 Å². The molecule has 0 N–H and O–H groups in total. The van der Waals surface area contributed by atoms with Gasteiger partial charge in [-0.15, -0.1) is 12.4 Å². The number of aromatic nitrogens is 2. The van der Waals surface area contributed by atoms with E-state index in [1.807, 2.05) is 59.1 Å². The van der Waals surface area contributed by atoms with Crippen LogP contribution < -0.4 is 0 Å². The minimum atomic E-state index is -0.257. The number of halogens is 1. The van der Waals surface area contributed by atoms with Crippen molar-refractivity contribution in [1.82, 2.24) is 14.3 Å². The topological polar surface area (TPSA) is 54.7 Å². The highest BCUT2D eigenvalue weighted by atomic mass is 35.5. The molecule has 2 amide bonds. The van der Waals surface area contributed by atoms with E-state index in [1.165, 1.54) is 16.7 Å². The quantitative estimate of drug-likeness (QED) is 0.359. The van der Waals surface area contributed by atoms with Gasteiger partial charge in [-0.2, -0.15) is 0 Å². The van der Waals surface area contributed by atoms with Gasteiger partial charge in [0.1, 0.15) is 5.65 Å². The van der Waals surface area contributed by atoms with E-state index in [9.17, 15) is 9.59 Å². The van der Waals surface area contributed by atoms with Crippen molar-refractivity contribution in [2.75, 3.05) is 0 Å². The predicted octanol–water partition coefficient (Wildman–Crippen LogP) is 5.71. The largest absolute Gasteiger partial charge is 0.294 e. The molecule has 150 valence electrons. The summed E-state index contributed by atoms with van der Waals surface area (Å²) in [5, 5.41) is 0.489. The van der Waals surface area contributed by atoms with Crippen LogP contribution in [0.25, 0.3) is 11.7 Å². The summed E-state index contributed by atoms with van der Waals surface area (Å²) in [7, 11) is 0.